The van der Waals surface area contributed by atoms with Gasteiger partial charge < -0.3 is 10.6 Å². The summed E-state index contributed by atoms with van der Waals surface area (Å²) in [6.45, 7) is 5.16. The summed E-state index contributed by atoms with van der Waals surface area (Å²) >= 11 is 1.54. The van der Waals surface area contributed by atoms with Crippen LogP contribution in [-0.4, -0.2) is 12.0 Å². The van der Waals surface area contributed by atoms with Gasteiger partial charge in [0.15, 0.2) is 5.13 Å². The van der Waals surface area contributed by atoms with Gasteiger partial charge in [-0.2, -0.15) is 0 Å². The molecule has 0 saturated heterocycles. The lowest BCUT2D eigenvalue weighted by molar-refractivity contribution is 0.918. The molecule has 0 aliphatic rings. The summed E-state index contributed by atoms with van der Waals surface area (Å²) in [6, 6.07) is 12.9. The van der Waals surface area contributed by atoms with Gasteiger partial charge in [-0.05, 0) is 43.2 Å². The van der Waals surface area contributed by atoms with Gasteiger partial charge in [0.1, 0.15) is 0 Å². The minimum Gasteiger partial charge on any atom is -0.375 e. The Bertz CT molecular complexity index is 792. The first-order chi connectivity index (χ1) is 10.0. The van der Waals surface area contributed by atoms with Crippen LogP contribution in [0.4, 0.5) is 10.8 Å². The number of nitrogens with two attached hydrogens (primary N) is 1. The molecule has 0 aliphatic carbocycles. The molecule has 0 aliphatic heterocycles. The average Bonchev–Trinajstić information content (AvgIpc) is 2.77. The van der Waals surface area contributed by atoms with Crippen LogP contribution >= 0.6 is 11.3 Å². The number of hydrogen-bond donors (Lipinski definition) is 1. The van der Waals surface area contributed by atoms with Gasteiger partial charge in [0.25, 0.3) is 0 Å². The quantitative estimate of drug-likeness (QED) is 0.790. The van der Waals surface area contributed by atoms with Crippen LogP contribution < -0.4 is 10.6 Å². The van der Waals surface area contributed by atoms with E-state index in [1.54, 1.807) is 11.3 Å². The van der Waals surface area contributed by atoms with Gasteiger partial charge in [0, 0.05) is 19.3 Å². The van der Waals surface area contributed by atoms with Crippen molar-refractivity contribution in [2.45, 2.75) is 20.4 Å². The summed E-state index contributed by atoms with van der Waals surface area (Å²) in [4.78, 5) is 6.58. The fourth-order valence-electron chi connectivity index (χ4n) is 2.68. The van der Waals surface area contributed by atoms with Gasteiger partial charge in [0.2, 0.25) is 0 Å². The molecule has 3 aromatic rings. The minimum atomic E-state index is 0.630. The molecule has 21 heavy (non-hydrogen) atoms. The Kier molecular flexibility index (Phi) is 3.55. The van der Waals surface area contributed by atoms with Crippen molar-refractivity contribution in [3.63, 3.8) is 0 Å². The molecule has 2 aromatic carbocycles. The molecule has 3 rings (SSSR count). The van der Waals surface area contributed by atoms with Crippen molar-refractivity contribution in [3.05, 3.63) is 53.1 Å². The summed E-state index contributed by atoms with van der Waals surface area (Å²) < 4.78 is 1.15. The molecule has 1 aromatic heterocycles. The number of hydrogen-bond acceptors (Lipinski definition) is 4. The zero-order valence-electron chi connectivity index (χ0n) is 12.6. The van der Waals surface area contributed by atoms with Crippen molar-refractivity contribution < 1.29 is 0 Å². The van der Waals surface area contributed by atoms with Crippen LogP contribution in [-0.2, 0) is 6.54 Å². The van der Waals surface area contributed by atoms with Crippen LogP contribution in [0.1, 0.15) is 16.7 Å². The zero-order chi connectivity index (χ0) is 15.0. The van der Waals surface area contributed by atoms with E-state index in [-0.39, 0.29) is 0 Å². The molecule has 2 N–H and O–H groups in total. The van der Waals surface area contributed by atoms with E-state index in [1.807, 2.05) is 6.07 Å². The van der Waals surface area contributed by atoms with Crippen LogP contribution in [0.25, 0.3) is 10.2 Å². The number of nitrogens with zero attached hydrogens (tertiary/aromatic N) is 2. The fraction of sp³-hybridized carbons (Fsp3) is 0.235. The maximum Gasteiger partial charge on any atom is 0.181 e. The van der Waals surface area contributed by atoms with E-state index >= 15 is 0 Å². The van der Waals surface area contributed by atoms with E-state index in [2.05, 4.69) is 61.1 Å². The number of fused-ring (bicyclic) bond motifs is 1. The molecule has 0 saturated carbocycles. The van der Waals surface area contributed by atoms with E-state index in [1.165, 1.54) is 22.4 Å². The maximum atomic E-state index is 5.76. The lowest BCUT2D eigenvalue weighted by atomic mass is 10.1. The van der Waals surface area contributed by atoms with E-state index in [4.69, 9.17) is 5.73 Å². The third kappa shape index (κ3) is 2.85. The number of anilines is 2. The number of nitrogen functional groups attached to an aromatic ring is 1. The number of aryl methyl sites for hydroxylation is 2. The fourth-order valence-corrected chi connectivity index (χ4v) is 3.48. The Labute approximate surface area is 129 Å². The van der Waals surface area contributed by atoms with Gasteiger partial charge in [0.05, 0.1) is 10.2 Å². The van der Waals surface area contributed by atoms with Gasteiger partial charge in [-0.1, -0.05) is 35.1 Å². The van der Waals surface area contributed by atoms with Gasteiger partial charge in [-0.15, -0.1) is 0 Å². The predicted molar refractivity (Wildman–Crippen MR) is 92.1 cm³/mol. The van der Waals surface area contributed by atoms with Crippen LogP contribution in [0.3, 0.4) is 0 Å². The Balaban J connectivity index is 1.86. The first-order valence-corrected chi connectivity index (χ1v) is 7.78. The monoisotopic (exact) mass is 297 g/mol. The molecule has 1 heterocycles. The molecule has 0 atom stereocenters. The first kappa shape index (κ1) is 13.9. The number of thiazole rings is 1. The van der Waals surface area contributed by atoms with E-state index in [0.29, 0.717) is 5.13 Å². The highest BCUT2D eigenvalue weighted by atomic mass is 32.1. The second-order valence-electron chi connectivity index (χ2n) is 5.50. The molecule has 0 spiro atoms. The first-order valence-electron chi connectivity index (χ1n) is 6.96. The van der Waals surface area contributed by atoms with E-state index in [0.717, 1.165) is 16.8 Å². The second kappa shape index (κ2) is 5.37. The molecule has 3 nitrogen and oxygen atoms in total. The molecule has 0 radical (unpaired) electrons. The van der Waals surface area contributed by atoms with Gasteiger partial charge >= 0.3 is 0 Å². The predicted octanol–water partition coefficient (Wildman–Crippen LogP) is 4.13. The summed E-state index contributed by atoms with van der Waals surface area (Å²) in [5.41, 5.74) is 11.9. The standard InChI is InChI=1S/C17H19N3S/c1-11-4-7-15(12(2)8-11)20(3)10-13-5-6-14-16(9-13)21-17(18)19-14/h4-9H,10H2,1-3H3,(H2,18,19). The molecular weight excluding hydrogens is 278 g/mol. The molecule has 108 valence electrons. The Morgan fingerprint density at radius 2 is 1.95 bits per heavy atom. The third-order valence-electron chi connectivity index (χ3n) is 3.65. The highest BCUT2D eigenvalue weighted by Gasteiger charge is 2.07. The third-order valence-corrected chi connectivity index (χ3v) is 4.50. The summed E-state index contributed by atoms with van der Waals surface area (Å²) in [5.74, 6) is 0. The van der Waals surface area contributed by atoms with Crippen molar-refractivity contribution in [2.75, 3.05) is 17.7 Å². The molecule has 0 unspecified atom stereocenters. The normalized spacial score (nSPS) is 11.0. The van der Waals surface area contributed by atoms with Gasteiger partial charge in [-0.3, -0.25) is 0 Å². The van der Waals surface area contributed by atoms with Crippen molar-refractivity contribution in [2.24, 2.45) is 0 Å². The second-order valence-corrected chi connectivity index (χ2v) is 6.56. The number of benzene rings is 2. The van der Waals surface area contributed by atoms with E-state index in [9.17, 15) is 0 Å². The Morgan fingerprint density at radius 1 is 1.14 bits per heavy atom. The average molecular weight is 297 g/mol. The number of aromatic nitrogens is 1. The van der Waals surface area contributed by atoms with Crippen LogP contribution in [0.2, 0.25) is 0 Å². The topological polar surface area (TPSA) is 42.2 Å². The summed E-state index contributed by atoms with van der Waals surface area (Å²) in [6.07, 6.45) is 0. The molecule has 0 fully saturated rings. The lowest BCUT2D eigenvalue weighted by Crippen LogP contribution is -2.17. The smallest absolute Gasteiger partial charge is 0.181 e. The van der Waals surface area contributed by atoms with Crippen molar-refractivity contribution in [1.82, 2.24) is 4.98 Å². The van der Waals surface area contributed by atoms with Crippen LogP contribution in [0, 0.1) is 13.8 Å². The van der Waals surface area contributed by atoms with Crippen LogP contribution in [0.15, 0.2) is 36.4 Å². The minimum absolute atomic E-state index is 0.630. The van der Waals surface area contributed by atoms with Crippen molar-refractivity contribution in [3.8, 4) is 0 Å². The highest BCUT2D eigenvalue weighted by molar-refractivity contribution is 7.22. The molecule has 0 bridgehead atoms. The summed E-state index contributed by atoms with van der Waals surface area (Å²) in [5, 5.41) is 0.630. The number of rotatable bonds is 3. The Hall–Kier alpha value is -2.07. The van der Waals surface area contributed by atoms with E-state index < -0.39 is 0 Å². The molecule has 0 amide bonds. The molecular formula is C17H19N3S. The van der Waals surface area contributed by atoms with Crippen molar-refractivity contribution in [1.29, 1.82) is 0 Å². The lowest BCUT2D eigenvalue weighted by Gasteiger charge is -2.22. The SMILES string of the molecule is Cc1ccc(N(C)Cc2ccc3nc(N)sc3c2)c(C)c1. The largest absolute Gasteiger partial charge is 0.375 e. The van der Waals surface area contributed by atoms with Crippen LogP contribution in [0.5, 0.6) is 0 Å². The summed E-state index contributed by atoms with van der Waals surface area (Å²) in [7, 11) is 2.13. The zero-order valence-corrected chi connectivity index (χ0v) is 13.4. The van der Waals surface area contributed by atoms with Gasteiger partial charge in [-0.25, -0.2) is 4.98 Å². The van der Waals surface area contributed by atoms with Crippen molar-refractivity contribution >= 4 is 32.4 Å². The highest BCUT2D eigenvalue weighted by Crippen LogP contribution is 2.26. The molecule has 4 heteroatoms. The Morgan fingerprint density at radius 3 is 2.71 bits per heavy atom. The maximum absolute atomic E-state index is 5.76.